The number of hydrogen-bond donors (Lipinski definition) is 1. The van der Waals surface area contributed by atoms with Crippen molar-refractivity contribution in [3.05, 3.63) is 17.8 Å². The molecule has 2 rings (SSSR count). The smallest absolute Gasteiger partial charge is 0.208 e. The molecular weight excluding hydrogens is 216 g/mol. The van der Waals surface area contributed by atoms with Crippen LogP contribution in [0.3, 0.4) is 0 Å². The molecule has 17 heavy (non-hydrogen) atoms. The van der Waals surface area contributed by atoms with E-state index >= 15 is 0 Å². The monoisotopic (exact) mass is 238 g/mol. The van der Waals surface area contributed by atoms with Gasteiger partial charge in [-0.25, -0.2) is 4.98 Å². The van der Waals surface area contributed by atoms with Gasteiger partial charge >= 0.3 is 0 Å². The highest BCUT2D eigenvalue weighted by Crippen LogP contribution is 2.34. The molecule has 1 aromatic rings. The van der Waals surface area contributed by atoms with Gasteiger partial charge in [-0.2, -0.15) is 0 Å². The van der Waals surface area contributed by atoms with E-state index in [0.717, 1.165) is 24.7 Å². The quantitative estimate of drug-likeness (QED) is 0.879. The Labute approximate surface area is 103 Å². The molecular formula is C13H22N2O2. The fraction of sp³-hybridized carbons (Fsp3) is 0.769. The van der Waals surface area contributed by atoms with Gasteiger partial charge in [-0.3, -0.25) is 0 Å². The first-order chi connectivity index (χ1) is 7.96. The van der Waals surface area contributed by atoms with Crippen molar-refractivity contribution in [2.24, 2.45) is 5.92 Å². The molecule has 1 aromatic heterocycles. The summed E-state index contributed by atoms with van der Waals surface area (Å²) in [5.74, 6) is 2.12. The first-order valence-electron chi connectivity index (χ1n) is 6.27. The molecule has 4 nitrogen and oxygen atoms in total. The number of ether oxygens (including phenoxy) is 1. The van der Waals surface area contributed by atoms with E-state index in [0.29, 0.717) is 12.5 Å². The maximum atomic E-state index is 5.73. The zero-order valence-electron chi connectivity index (χ0n) is 11.1. The van der Waals surface area contributed by atoms with Gasteiger partial charge in [-0.15, -0.1) is 0 Å². The molecule has 4 heteroatoms. The first kappa shape index (κ1) is 12.6. The number of oxazole rings is 1. The van der Waals surface area contributed by atoms with Crippen molar-refractivity contribution in [3.8, 4) is 0 Å². The van der Waals surface area contributed by atoms with Gasteiger partial charge in [0, 0.05) is 12.1 Å². The zero-order chi connectivity index (χ0) is 12.5. The largest absolute Gasteiger partial charge is 0.442 e. The van der Waals surface area contributed by atoms with E-state index in [9.17, 15) is 0 Å². The standard InChI is InChI=1S/C13H22N2O2/c1-9-5-6-16-12(9)10-7-14-11(17-10)8-15-13(2,3)4/h7,9,12,15H,5-6,8H2,1-4H3. The number of nitrogens with one attached hydrogen (secondary N) is 1. The van der Waals surface area contributed by atoms with Crippen molar-refractivity contribution in [1.82, 2.24) is 10.3 Å². The minimum absolute atomic E-state index is 0.0752. The van der Waals surface area contributed by atoms with Gasteiger partial charge in [0.2, 0.25) is 5.89 Å². The lowest BCUT2D eigenvalue weighted by Gasteiger charge is -2.19. The molecule has 0 amide bonds. The Kier molecular flexibility index (Phi) is 3.54. The number of rotatable bonds is 3. The van der Waals surface area contributed by atoms with Crippen molar-refractivity contribution in [2.45, 2.75) is 52.3 Å². The van der Waals surface area contributed by atoms with Gasteiger partial charge in [0.15, 0.2) is 5.76 Å². The lowest BCUT2D eigenvalue weighted by molar-refractivity contribution is 0.0747. The fourth-order valence-electron chi connectivity index (χ4n) is 1.94. The molecule has 0 radical (unpaired) electrons. The van der Waals surface area contributed by atoms with E-state index in [1.165, 1.54) is 0 Å². The first-order valence-corrected chi connectivity index (χ1v) is 6.27. The molecule has 0 saturated carbocycles. The molecule has 2 unspecified atom stereocenters. The second-order valence-corrected chi connectivity index (χ2v) is 5.82. The predicted molar refractivity (Wildman–Crippen MR) is 65.6 cm³/mol. The van der Waals surface area contributed by atoms with Gasteiger partial charge in [0.05, 0.1) is 12.7 Å². The highest BCUT2D eigenvalue weighted by molar-refractivity contribution is 5.01. The maximum Gasteiger partial charge on any atom is 0.208 e. The normalized spacial score (nSPS) is 25.4. The van der Waals surface area contributed by atoms with Crippen LogP contribution in [0, 0.1) is 5.92 Å². The minimum atomic E-state index is 0.0752. The third-order valence-electron chi connectivity index (χ3n) is 3.01. The van der Waals surface area contributed by atoms with Gasteiger partial charge in [0.25, 0.3) is 0 Å². The van der Waals surface area contributed by atoms with E-state index in [2.05, 4.69) is 38.0 Å². The highest BCUT2D eigenvalue weighted by atomic mass is 16.5. The summed E-state index contributed by atoms with van der Waals surface area (Å²) in [5.41, 5.74) is 0.0752. The second-order valence-electron chi connectivity index (χ2n) is 5.82. The van der Waals surface area contributed by atoms with Crippen molar-refractivity contribution in [2.75, 3.05) is 6.61 Å². The summed E-state index contributed by atoms with van der Waals surface area (Å²) in [4.78, 5) is 4.29. The number of aromatic nitrogens is 1. The molecule has 0 spiro atoms. The number of nitrogens with zero attached hydrogens (tertiary/aromatic N) is 1. The van der Waals surface area contributed by atoms with Crippen molar-refractivity contribution < 1.29 is 9.15 Å². The molecule has 0 aliphatic carbocycles. The SMILES string of the molecule is CC1CCOC1c1cnc(CNC(C)(C)C)o1. The Morgan fingerprint density at radius 3 is 2.82 bits per heavy atom. The van der Waals surface area contributed by atoms with Gasteiger partial charge < -0.3 is 14.5 Å². The Balaban J connectivity index is 1.96. The summed E-state index contributed by atoms with van der Waals surface area (Å²) < 4.78 is 11.4. The molecule has 1 aliphatic heterocycles. The lowest BCUT2D eigenvalue weighted by Crippen LogP contribution is -2.35. The molecule has 96 valence electrons. The number of hydrogen-bond acceptors (Lipinski definition) is 4. The van der Waals surface area contributed by atoms with Crippen LogP contribution in [-0.4, -0.2) is 17.1 Å². The van der Waals surface area contributed by atoms with Crippen LogP contribution in [0.1, 0.15) is 51.9 Å². The summed E-state index contributed by atoms with van der Waals surface area (Å²) in [6, 6.07) is 0. The molecule has 0 aromatic carbocycles. The summed E-state index contributed by atoms with van der Waals surface area (Å²) in [7, 11) is 0. The third-order valence-corrected chi connectivity index (χ3v) is 3.01. The fourth-order valence-corrected chi connectivity index (χ4v) is 1.94. The Hall–Kier alpha value is -0.870. The van der Waals surface area contributed by atoms with Crippen LogP contribution in [0.25, 0.3) is 0 Å². The van der Waals surface area contributed by atoms with Crippen LogP contribution in [0.2, 0.25) is 0 Å². The van der Waals surface area contributed by atoms with Crippen LogP contribution in [0.5, 0.6) is 0 Å². The van der Waals surface area contributed by atoms with Gasteiger partial charge in [-0.05, 0) is 33.1 Å². The summed E-state index contributed by atoms with van der Waals surface area (Å²) in [6.07, 6.45) is 2.98. The van der Waals surface area contributed by atoms with E-state index in [-0.39, 0.29) is 11.6 Å². The van der Waals surface area contributed by atoms with Crippen LogP contribution < -0.4 is 5.32 Å². The van der Waals surface area contributed by atoms with E-state index < -0.39 is 0 Å². The molecule has 1 N–H and O–H groups in total. The molecule has 0 bridgehead atoms. The van der Waals surface area contributed by atoms with Crippen LogP contribution >= 0.6 is 0 Å². The van der Waals surface area contributed by atoms with E-state index in [4.69, 9.17) is 9.15 Å². The second kappa shape index (κ2) is 4.78. The molecule has 1 aliphatic rings. The van der Waals surface area contributed by atoms with E-state index in [1.807, 2.05) is 0 Å². The Morgan fingerprint density at radius 2 is 2.24 bits per heavy atom. The molecule has 1 saturated heterocycles. The van der Waals surface area contributed by atoms with E-state index in [1.54, 1.807) is 6.20 Å². The van der Waals surface area contributed by atoms with Crippen LogP contribution in [-0.2, 0) is 11.3 Å². The van der Waals surface area contributed by atoms with Crippen molar-refractivity contribution in [3.63, 3.8) is 0 Å². The summed E-state index contributed by atoms with van der Waals surface area (Å²) in [5, 5.41) is 3.36. The van der Waals surface area contributed by atoms with Gasteiger partial charge in [0.1, 0.15) is 6.10 Å². The molecule has 2 atom stereocenters. The highest BCUT2D eigenvalue weighted by Gasteiger charge is 2.29. The van der Waals surface area contributed by atoms with Gasteiger partial charge in [-0.1, -0.05) is 6.92 Å². The topological polar surface area (TPSA) is 47.3 Å². The van der Waals surface area contributed by atoms with Crippen LogP contribution in [0.4, 0.5) is 0 Å². The Bertz CT molecular complexity index is 368. The minimum Gasteiger partial charge on any atom is -0.442 e. The average Bonchev–Trinajstić information content (AvgIpc) is 2.81. The average molecular weight is 238 g/mol. The molecule has 2 heterocycles. The summed E-state index contributed by atoms with van der Waals surface area (Å²) >= 11 is 0. The summed E-state index contributed by atoms with van der Waals surface area (Å²) in [6.45, 7) is 10.0. The maximum absolute atomic E-state index is 5.73. The third kappa shape index (κ3) is 3.30. The lowest BCUT2D eigenvalue weighted by atomic mass is 10.0. The zero-order valence-corrected chi connectivity index (χ0v) is 11.1. The van der Waals surface area contributed by atoms with Crippen molar-refractivity contribution >= 4 is 0 Å². The van der Waals surface area contributed by atoms with Crippen molar-refractivity contribution in [1.29, 1.82) is 0 Å². The molecule has 1 fully saturated rings. The van der Waals surface area contributed by atoms with Crippen LogP contribution in [0.15, 0.2) is 10.6 Å². The predicted octanol–water partition coefficient (Wildman–Crippen LogP) is 2.66. The Morgan fingerprint density at radius 1 is 1.47 bits per heavy atom.